The summed E-state index contributed by atoms with van der Waals surface area (Å²) in [7, 11) is 1.96. The van der Waals surface area contributed by atoms with Crippen molar-refractivity contribution in [2.45, 2.75) is 51.7 Å². The monoisotopic (exact) mass is 285 g/mol. The zero-order valence-corrected chi connectivity index (χ0v) is 12.8. The van der Waals surface area contributed by atoms with Gasteiger partial charge in [-0.25, -0.2) is 0 Å². The molecule has 0 spiro atoms. The van der Waals surface area contributed by atoms with Gasteiger partial charge in [0.2, 0.25) is 0 Å². The molecule has 4 nitrogen and oxygen atoms in total. The first-order chi connectivity index (χ1) is 9.13. The lowest BCUT2D eigenvalue weighted by Crippen LogP contribution is -2.42. The van der Waals surface area contributed by atoms with Gasteiger partial charge in [0.1, 0.15) is 0 Å². The summed E-state index contributed by atoms with van der Waals surface area (Å²) in [6.07, 6.45) is 4.60. The fourth-order valence-corrected chi connectivity index (χ4v) is 2.93. The third kappa shape index (κ3) is 3.50. The molecule has 108 valence electrons. The summed E-state index contributed by atoms with van der Waals surface area (Å²) in [5, 5.41) is 8.78. The van der Waals surface area contributed by atoms with E-state index in [0.29, 0.717) is 12.1 Å². The molecule has 0 amide bonds. The Morgan fingerprint density at radius 1 is 1.58 bits per heavy atom. The second-order valence-electron chi connectivity index (χ2n) is 5.29. The third-order valence-corrected chi connectivity index (χ3v) is 4.24. The Balaban J connectivity index is 2.09. The first-order valence-electron chi connectivity index (χ1n) is 7.16. The fourth-order valence-electron chi connectivity index (χ4n) is 2.69. The van der Waals surface area contributed by atoms with Gasteiger partial charge in [-0.3, -0.25) is 4.68 Å². The van der Waals surface area contributed by atoms with E-state index in [9.17, 15) is 0 Å². The van der Waals surface area contributed by atoms with Crippen LogP contribution in [-0.4, -0.2) is 35.1 Å². The van der Waals surface area contributed by atoms with E-state index in [0.717, 1.165) is 55.2 Å². The molecule has 1 N–H and O–H groups in total. The van der Waals surface area contributed by atoms with Crippen LogP contribution in [0, 0.1) is 6.92 Å². The van der Waals surface area contributed by atoms with Crippen LogP contribution < -0.4 is 5.32 Å². The lowest BCUT2D eigenvalue weighted by atomic mass is 10.0. The number of nitrogens with one attached hydrogen (secondary N) is 1. The van der Waals surface area contributed by atoms with E-state index in [-0.39, 0.29) is 0 Å². The van der Waals surface area contributed by atoms with Crippen LogP contribution in [0.1, 0.15) is 37.6 Å². The van der Waals surface area contributed by atoms with Gasteiger partial charge in [-0.15, -0.1) is 0 Å². The summed E-state index contributed by atoms with van der Waals surface area (Å²) in [5.41, 5.74) is 2.00. The summed E-state index contributed by atoms with van der Waals surface area (Å²) in [5.74, 6) is 0. The van der Waals surface area contributed by atoms with Crippen molar-refractivity contribution >= 4 is 11.6 Å². The van der Waals surface area contributed by atoms with Crippen molar-refractivity contribution in [1.29, 1.82) is 0 Å². The minimum Gasteiger partial charge on any atom is -0.377 e. The molecule has 0 aromatic carbocycles. The predicted octanol–water partition coefficient (Wildman–Crippen LogP) is 2.47. The van der Waals surface area contributed by atoms with Crippen LogP contribution >= 0.6 is 11.6 Å². The normalized spacial score (nSPS) is 20.9. The molecule has 2 heterocycles. The molecule has 1 aromatic rings. The molecule has 1 aliphatic heterocycles. The number of rotatable bonds is 6. The van der Waals surface area contributed by atoms with Gasteiger partial charge < -0.3 is 10.1 Å². The number of hydrogen-bond donors (Lipinski definition) is 1. The van der Waals surface area contributed by atoms with Gasteiger partial charge in [-0.05, 0) is 32.7 Å². The number of hydrogen-bond acceptors (Lipinski definition) is 3. The molecule has 0 radical (unpaired) electrons. The largest absolute Gasteiger partial charge is 0.377 e. The van der Waals surface area contributed by atoms with E-state index < -0.39 is 0 Å². The maximum atomic E-state index is 6.35. The van der Waals surface area contributed by atoms with Crippen LogP contribution in [0.15, 0.2) is 0 Å². The molecule has 2 rings (SSSR count). The highest BCUT2D eigenvalue weighted by Crippen LogP contribution is 2.24. The Morgan fingerprint density at radius 2 is 2.37 bits per heavy atom. The summed E-state index contributed by atoms with van der Waals surface area (Å²) < 4.78 is 7.73. The van der Waals surface area contributed by atoms with Crippen LogP contribution in [0.4, 0.5) is 0 Å². The van der Waals surface area contributed by atoms with E-state index in [1.54, 1.807) is 0 Å². The van der Waals surface area contributed by atoms with Gasteiger partial charge in [0.25, 0.3) is 0 Å². The van der Waals surface area contributed by atoms with Gasteiger partial charge >= 0.3 is 0 Å². The number of ether oxygens (including phenoxy) is 1. The molecule has 1 aliphatic rings. The van der Waals surface area contributed by atoms with Crippen molar-refractivity contribution in [3.8, 4) is 0 Å². The molecular formula is C14H24ClN3O. The van der Waals surface area contributed by atoms with Crippen molar-refractivity contribution in [1.82, 2.24) is 15.1 Å². The Hall–Kier alpha value is -0.580. The second kappa shape index (κ2) is 6.73. The molecule has 0 bridgehead atoms. The minimum atomic E-state index is 0.304. The summed E-state index contributed by atoms with van der Waals surface area (Å²) >= 11 is 6.35. The number of aromatic nitrogens is 2. The lowest BCUT2D eigenvalue weighted by Gasteiger charge is -2.24. The molecule has 19 heavy (non-hydrogen) atoms. The van der Waals surface area contributed by atoms with E-state index in [1.807, 2.05) is 18.7 Å². The Kier molecular flexibility index (Phi) is 5.25. The van der Waals surface area contributed by atoms with Gasteiger partial charge in [0.15, 0.2) is 0 Å². The van der Waals surface area contributed by atoms with Crippen LogP contribution in [0.25, 0.3) is 0 Å². The van der Waals surface area contributed by atoms with Crippen molar-refractivity contribution in [2.24, 2.45) is 7.05 Å². The molecule has 1 saturated heterocycles. The van der Waals surface area contributed by atoms with E-state index in [1.165, 1.54) is 0 Å². The quantitative estimate of drug-likeness (QED) is 0.873. The molecule has 0 saturated carbocycles. The van der Waals surface area contributed by atoms with Crippen molar-refractivity contribution in [3.05, 3.63) is 16.4 Å². The SMILES string of the molecule is CCCNC(Cc1c(Cl)c(C)nn1C)C1CCCO1. The van der Waals surface area contributed by atoms with Crippen LogP contribution in [0.2, 0.25) is 5.02 Å². The lowest BCUT2D eigenvalue weighted by molar-refractivity contribution is 0.0778. The Morgan fingerprint density at radius 3 is 2.89 bits per heavy atom. The number of aryl methyl sites for hydroxylation is 2. The first kappa shape index (κ1) is 14.8. The van der Waals surface area contributed by atoms with Crippen molar-refractivity contribution in [3.63, 3.8) is 0 Å². The first-order valence-corrected chi connectivity index (χ1v) is 7.54. The molecule has 1 aromatic heterocycles. The second-order valence-corrected chi connectivity index (χ2v) is 5.66. The zero-order valence-electron chi connectivity index (χ0n) is 12.1. The van der Waals surface area contributed by atoms with Gasteiger partial charge in [0.05, 0.1) is 22.5 Å². The highest BCUT2D eigenvalue weighted by Gasteiger charge is 2.27. The maximum absolute atomic E-state index is 6.35. The molecule has 2 atom stereocenters. The predicted molar refractivity (Wildman–Crippen MR) is 77.7 cm³/mol. The summed E-state index contributed by atoms with van der Waals surface area (Å²) in [6, 6.07) is 0.328. The average Bonchev–Trinajstić information content (AvgIpc) is 2.98. The summed E-state index contributed by atoms with van der Waals surface area (Å²) in [6.45, 7) is 6.03. The highest BCUT2D eigenvalue weighted by molar-refractivity contribution is 6.31. The van der Waals surface area contributed by atoms with E-state index >= 15 is 0 Å². The van der Waals surface area contributed by atoms with Crippen molar-refractivity contribution in [2.75, 3.05) is 13.2 Å². The van der Waals surface area contributed by atoms with Gasteiger partial charge in [-0.2, -0.15) is 5.10 Å². The maximum Gasteiger partial charge on any atom is 0.0847 e. The number of halogens is 1. The van der Waals surface area contributed by atoms with Crippen molar-refractivity contribution < 1.29 is 4.74 Å². The number of nitrogens with zero attached hydrogens (tertiary/aromatic N) is 2. The van der Waals surface area contributed by atoms with E-state index in [4.69, 9.17) is 16.3 Å². The smallest absolute Gasteiger partial charge is 0.0847 e. The molecule has 1 fully saturated rings. The highest BCUT2D eigenvalue weighted by atomic mass is 35.5. The molecule has 5 heteroatoms. The van der Waals surface area contributed by atoms with Gasteiger partial charge in [-0.1, -0.05) is 18.5 Å². The van der Waals surface area contributed by atoms with E-state index in [2.05, 4.69) is 17.3 Å². The average molecular weight is 286 g/mol. The summed E-state index contributed by atoms with van der Waals surface area (Å²) in [4.78, 5) is 0. The minimum absolute atomic E-state index is 0.304. The molecule has 0 aliphatic carbocycles. The zero-order chi connectivity index (χ0) is 13.8. The van der Waals surface area contributed by atoms with Gasteiger partial charge in [0, 0.05) is 26.1 Å². The standard InChI is InChI=1S/C14H24ClN3O/c1-4-7-16-11(13-6-5-8-19-13)9-12-14(15)10(2)17-18(12)3/h11,13,16H,4-9H2,1-3H3. The molecule has 2 unspecified atom stereocenters. The van der Waals surface area contributed by atoms with Crippen LogP contribution in [0.5, 0.6) is 0 Å². The Bertz CT molecular complexity index is 413. The Labute approximate surface area is 120 Å². The van der Waals surface area contributed by atoms with Crippen LogP contribution in [-0.2, 0) is 18.2 Å². The topological polar surface area (TPSA) is 39.1 Å². The fraction of sp³-hybridized carbons (Fsp3) is 0.786. The third-order valence-electron chi connectivity index (χ3n) is 3.75. The molecular weight excluding hydrogens is 262 g/mol. The van der Waals surface area contributed by atoms with Crippen LogP contribution in [0.3, 0.4) is 0 Å².